The molecule has 0 radical (unpaired) electrons. The number of benzene rings is 1. The Hall–Kier alpha value is -1.73. The summed E-state index contributed by atoms with van der Waals surface area (Å²) in [4.78, 5) is 11.4. The summed E-state index contributed by atoms with van der Waals surface area (Å²) in [6.07, 6.45) is -7.51. The van der Waals surface area contributed by atoms with Crippen LogP contribution in [0.25, 0.3) is 0 Å². The number of alkyl halides is 13. The lowest BCUT2D eigenvalue weighted by Crippen LogP contribution is -2.71. The van der Waals surface area contributed by atoms with Gasteiger partial charge in [0.05, 0.1) is 0 Å². The molecule has 0 heterocycles. The maximum atomic E-state index is 13.6. The zero-order valence-electron chi connectivity index (χ0n) is 12.5. The molecule has 0 saturated carbocycles. The molecule has 1 nitrogen and oxygen atoms in total. The molecule has 0 N–H and O–H groups in total. The summed E-state index contributed by atoms with van der Waals surface area (Å²) in [5.41, 5.74) is -1.49. The van der Waals surface area contributed by atoms with Crippen molar-refractivity contribution in [2.45, 2.75) is 35.8 Å². The third-order valence-electron chi connectivity index (χ3n) is 3.32. The van der Waals surface area contributed by atoms with Gasteiger partial charge in [0.2, 0.25) is 5.78 Å². The second-order valence-corrected chi connectivity index (χ2v) is 5.64. The highest BCUT2D eigenvalue weighted by Crippen LogP contribution is 2.60. The fraction of sp³-hybridized carbons (Fsp3) is 0.462. The normalized spacial score (nSPS) is 14.9. The van der Waals surface area contributed by atoms with Crippen molar-refractivity contribution in [3.05, 3.63) is 34.9 Å². The number of hydrogen-bond donors (Lipinski definition) is 0. The lowest BCUT2D eigenvalue weighted by molar-refractivity contribution is -0.435. The molecule has 0 spiro atoms. The van der Waals surface area contributed by atoms with Crippen molar-refractivity contribution in [2.24, 2.45) is 0 Å². The summed E-state index contributed by atoms with van der Waals surface area (Å²) < 4.78 is 168. The predicted octanol–water partition coefficient (Wildman–Crippen LogP) is 6.26. The largest absolute Gasteiger partial charge is 0.460 e. The maximum Gasteiger partial charge on any atom is 0.460 e. The third kappa shape index (κ3) is 3.28. The van der Waals surface area contributed by atoms with Gasteiger partial charge in [0.25, 0.3) is 0 Å². The Labute approximate surface area is 151 Å². The van der Waals surface area contributed by atoms with E-state index in [-0.39, 0.29) is 17.2 Å². The standard InChI is InChI=1S/C13H4ClF13O/c14-6-3-1-5(2-4-6)7(28)8(15,16)9(17,18)10(19,20)11(21,22)12(23,24)13(25,26)27/h1-4H. The summed E-state index contributed by atoms with van der Waals surface area (Å²) in [5.74, 6) is -41.6. The topological polar surface area (TPSA) is 17.1 Å². The quantitative estimate of drug-likeness (QED) is 0.363. The molecule has 0 atom stereocenters. The van der Waals surface area contributed by atoms with E-state index in [2.05, 4.69) is 0 Å². The van der Waals surface area contributed by atoms with Gasteiger partial charge in [0.15, 0.2) is 0 Å². The first-order valence-electron chi connectivity index (χ1n) is 6.42. The lowest BCUT2D eigenvalue weighted by atomic mass is 9.90. The van der Waals surface area contributed by atoms with Gasteiger partial charge in [-0.25, -0.2) is 0 Å². The van der Waals surface area contributed by atoms with Crippen LogP contribution in [-0.2, 0) is 0 Å². The smallest absolute Gasteiger partial charge is 0.287 e. The summed E-state index contributed by atoms with van der Waals surface area (Å²) in [5, 5.41) is -0.270. The number of Topliss-reactive ketones (excluding diaryl/α,β-unsaturated/α-hetero) is 1. The van der Waals surface area contributed by atoms with Crippen molar-refractivity contribution < 1.29 is 61.9 Å². The minimum absolute atomic E-state index is 0.270. The Bertz CT molecular complexity index is 736. The van der Waals surface area contributed by atoms with Crippen LogP contribution in [-0.4, -0.2) is 41.6 Å². The van der Waals surface area contributed by atoms with E-state index in [0.29, 0.717) is 12.1 Å². The van der Waals surface area contributed by atoms with Gasteiger partial charge in [-0.3, -0.25) is 4.79 Å². The molecule has 1 aromatic rings. The summed E-state index contributed by atoms with van der Waals surface area (Å²) >= 11 is 5.29. The molecule has 0 fully saturated rings. The van der Waals surface area contributed by atoms with Crippen LogP contribution in [0.1, 0.15) is 10.4 Å². The van der Waals surface area contributed by atoms with Crippen molar-refractivity contribution in [3.8, 4) is 0 Å². The highest BCUT2D eigenvalue weighted by molar-refractivity contribution is 6.30. The second-order valence-electron chi connectivity index (χ2n) is 5.21. The minimum Gasteiger partial charge on any atom is -0.287 e. The van der Waals surface area contributed by atoms with Crippen LogP contribution in [0.4, 0.5) is 57.1 Å². The van der Waals surface area contributed by atoms with Crippen molar-refractivity contribution in [3.63, 3.8) is 0 Å². The van der Waals surface area contributed by atoms with Crippen LogP contribution in [0.3, 0.4) is 0 Å². The fourth-order valence-electron chi connectivity index (χ4n) is 1.69. The number of halogens is 14. The van der Waals surface area contributed by atoms with Gasteiger partial charge in [-0.15, -0.1) is 0 Å². The molecule has 1 rings (SSSR count). The molecule has 0 saturated heterocycles. The zero-order valence-corrected chi connectivity index (χ0v) is 13.3. The molecule has 0 amide bonds. The molecular formula is C13H4ClF13O. The second kappa shape index (κ2) is 6.66. The Kier molecular flexibility index (Phi) is 5.78. The molecule has 160 valence electrons. The van der Waals surface area contributed by atoms with Gasteiger partial charge >= 0.3 is 35.8 Å². The number of rotatable bonds is 6. The SMILES string of the molecule is O=C(c1ccc(Cl)cc1)C(F)(F)C(F)(F)C(F)(F)C(F)(F)C(F)(F)C(F)(F)F. The first kappa shape index (κ1) is 24.3. The lowest BCUT2D eigenvalue weighted by Gasteiger charge is -2.39. The molecule has 0 aromatic heterocycles. The average Bonchev–Trinajstić information content (AvgIpc) is 2.53. The first-order chi connectivity index (χ1) is 12.2. The number of ketones is 1. The van der Waals surface area contributed by atoms with E-state index < -0.39 is 47.1 Å². The highest BCUT2D eigenvalue weighted by Gasteiger charge is 2.91. The van der Waals surface area contributed by atoms with Crippen LogP contribution in [0, 0.1) is 0 Å². The number of carbonyl (C=O) groups is 1. The Morgan fingerprint density at radius 1 is 0.607 bits per heavy atom. The van der Waals surface area contributed by atoms with E-state index in [1.54, 1.807) is 0 Å². The van der Waals surface area contributed by atoms with E-state index in [1.807, 2.05) is 0 Å². The molecule has 15 heteroatoms. The van der Waals surface area contributed by atoms with Crippen LogP contribution in [0.2, 0.25) is 5.02 Å². The van der Waals surface area contributed by atoms with Gasteiger partial charge in [-0.1, -0.05) is 11.6 Å². The van der Waals surface area contributed by atoms with Crippen LogP contribution >= 0.6 is 11.6 Å². The molecule has 28 heavy (non-hydrogen) atoms. The molecule has 1 aromatic carbocycles. The summed E-state index contributed by atoms with van der Waals surface area (Å²) in [6.45, 7) is 0. The first-order valence-corrected chi connectivity index (χ1v) is 6.80. The van der Waals surface area contributed by atoms with E-state index in [9.17, 15) is 61.9 Å². The zero-order chi connectivity index (χ0) is 22.6. The highest BCUT2D eigenvalue weighted by atomic mass is 35.5. The van der Waals surface area contributed by atoms with Crippen molar-refractivity contribution >= 4 is 17.4 Å². The number of carbonyl (C=O) groups excluding carboxylic acids is 1. The van der Waals surface area contributed by atoms with E-state index in [4.69, 9.17) is 11.6 Å². The molecule has 0 aliphatic rings. The van der Waals surface area contributed by atoms with Gasteiger partial charge < -0.3 is 0 Å². The molecule has 0 unspecified atom stereocenters. The van der Waals surface area contributed by atoms with Crippen LogP contribution < -0.4 is 0 Å². The molecule has 0 aliphatic heterocycles. The van der Waals surface area contributed by atoms with Crippen LogP contribution in [0.15, 0.2) is 24.3 Å². The molecule has 0 aliphatic carbocycles. The average molecular weight is 459 g/mol. The van der Waals surface area contributed by atoms with Crippen molar-refractivity contribution in [1.82, 2.24) is 0 Å². The Balaban J connectivity index is 3.52. The predicted molar refractivity (Wildman–Crippen MR) is 66.6 cm³/mol. The summed E-state index contributed by atoms with van der Waals surface area (Å²) in [7, 11) is 0. The summed E-state index contributed by atoms with van der Waals surface area (Å²) in [6, 6.07) is 1.78. The molecule has 0 bridgehead atoms. The van der Waals surface area contributed by atoms with Gasteiger partial charge in [-0.05, 0) is 24.3 Å². The van der Waals surface area contributed by atoms with Crippen molar-refractivity contribution in [2.75, 3.05) is 0 Å². The van der Waals surface area contributed by atoms with E-state index in [0.717, 1.165) is 0 Å². The van der Waals surface area contributed by atoms with Crippen molar-refractivity contribution in [1.29, 1.82) is 0 Å². The number of hydrogen-bond acceptors (Lipinski definition) is 1. The maximum absolute atomic E-state index is 13.6. The monoisotopic (exact) mass is 458 g/mol. The van der Waals surface area contributed by atoms with Crippen LogP contribution in [0.5, 0.6) is 0 Å². The minimum atomic E-state index is -8.05. The Morgan fingerprint density at radius 2 is 0.964 bits per heavy atom. The van der Waals surface area contributed by atoms with E-state index in [1.165, 1.54) is 0 Å². The molecular weight excluding hydrogens is 455 g/mol. The van der Waals surface area contributed by atoms with E-state index >= 15 is 0 Å². The fourth-order valence-corrected chi connectivity index (χ4v) is 1.82. The van der Waals surface area contributed by atoms with Gasteiger partial charge in [-0.2, -0.15) is 57.1 Å². The van der Waals surface area contributed by atoms with Gasteiger partial charge in [0, 0.05) is 10.6 Å². The third-order valence-corrected chi connectivity index (χ3v) is 3.58. The van der Waals surface area contributed by atoms with Gasteiger partial charge in [0.1, 0.15) is 0 Å². The Morgan fingerprint density at radius 3 is 1.32 bits per heavy atom.